The van der Waals surface area contributed by atoms with E-state index in [-0.39, 0.29) is 0 Å². The molecule has 17 heavy (non-hydrogen) atoms. The van der Waals surface area contributed by atoms with Gasteiger partial charge in [-0.25, -0.2) is 0 Å². The van der Waals surface area contributed by atoms with Crippen LogP contribution in [0.2, 0.25) is 0 Å². The molecular weight excluding hydrogens is 321 g/mol. The fourth-order valence-electron chi connectivity index (χ4n) is 2.02. The predicted octanol–water partition coefficient (Wildman–Crippen LogP) is 4.51. The van der Waals surface area contributed by atoms with Crippen molar-refractivity contribution in [2.24, 2.45) is 0 Å². The molecule has 1 heterocycles. The Kier molecular flexibility index (Phi) is 2.81. The third-order valence-electron chi connectivity index (χ3n) is 2.80. The predicted molar refractivity (Wildman–Crippen MR) is 79.9 cm³/mol. The monoisotopic (exact) mass is 331 g/mol. The van der Waals surface area contributed by atoms with E-state index in [2.05, 4.69) is 76.1 Å². The zero-order valence-electron chi connectivity index (χ0n) is 9.10. The highest BCUT2D eigenvalue weighted by Gasteiger charge is 2.06. The van der Waals surface area contributed by atoms with Crippen LogP contribution in [-0.4, -0.2) is 4.98 Å². The van der Waals surface area contributed by atoms with Crippen molar-refractivity contribution < 1.29 is 0 Å². The Bertz CT molecular complexity index is 657. The highest BCUT2D eigenvalue weighted by atomic mass is 127. The first kappa shape index (κ1) is 10.7. The molecule has 0 bridgehead atoms. The lowest BCUT2D eigenvalue weighted by Crippen LogP contribution is -1.86. The molecule has 0 saturated carbocycles. The van der Waals surface area contributed by atoms with Gasteiger partial charge in [0.05, 0.1) is 5.52 Å². The van der Waals surface area contributed by atoms with Crippen LogP contribution in [0.3, 0.4) is 0 Å². The van der Waals surface area contributed by atoms with Crippen molar-refractivity contribution in [2.45, 2.75) is 0 Å². The van der Waals surface area contributed by atoms with E-state index in [0.717, 1.165) is 5.52 Å². The second kappa shape index (κ2) is 4.45. The highest BCUT2D eigenvalue weighted by Crippen LogP contribution is 2.30. The number of hydrogen-bond donors (Lipinski definition) is 0. The van der Waals surface area contributed by atoms with Gasteiger partial charge in [0.1, 0.15) is 0 Å². The number of rotatable bonds is 1. The van der Waals surface area contributed by atoms with Gasteiger partial charge in [0.15, 0.2) is 0 Å². The largest absolute Gasteiger partial charge is 0.256 e. The Morgan fingerprint density at radius 1 is 0.824 bits per heavy atom. The van der Waals surface area contributed by atoms with E-state index in [1.165, 1.54) is 20.1 Å². The van der Waals surface area contributed by atoms with Crippen LogP contribution in [0.15, 0.2) is 60.8 Å². The lowest BCUT2D eigenvalue weighted by atomic mass is 10.0. The summed E-state index contributed by atoms with van der Waals surface area (Å²) >= 11 is 2.37. The van der Waals surface area contributed by atoms with Crippen molar-refractivity contribution >= 4 is 33.5 Å². The SMILES string of the molecule is Ic1ccnc2cccc(-c3ccccc3)c12. The van der Waals surface area contributed by atoms with Crippen molar-refractivity contribution in [3.05, 3.63) is 64.4 Å². The number of nitrogens with zero attached hydrogens (tertiary/aromatic N) is 1. The van der Waals surface area contributed by atoms with Crippen molar-refractivity contribution in [1.29, 1.82) is 0 Å². The summed E-state index contributed by atoms with van der Waals surface area (Å²) in [5, 5.41) is 1.24. The molecule has 0 aliphatic heterocycles. The van der Waals surface area contributed by atoms with Crippen LogP contribution in [0.4, 0.5) is 0 Å². The molecule has 0 saturated heterocycles. The van der Waals surface area contributed by atoms with Crippen LogP contribution in [-0.2, 0) is 0 Å². The van der Waals surface area contributed by atoms with Crippen molar-refractivity contribution in [3.63, 3.8) is 0 Å². The van der Waals surface area contributed by atoms with Crippen LogP contribution in [0.25, 0.3) is 22.0 Å². The molecule has 0 unspecified atom stereocenters. The van der Waals surface area contributed by atoms with Crippen LogP contribution >= 0.6 is 22.6 Å². The summed E-state index contributed by atoms with van der Waals surface area (Å²) in [6.07, 6.45) is 1.86. The van der Waals surface area contributed by atoms with Gasteiger partial charge in [0, 0.05) is 15.2 Å². The number of hydrogen-bond acceptors (Lipinski definition) is 1. The first-order chi connectivity index (χ1) is 8.36. The fraction of sp³-hybridized carbons (Fsp3) is 0. The first-order valence-electron chi connectivity index (χ1n) is 5.45. The van der Waals surface area contributed by atoms with Gasteiger partial charge in [0.2, 0.25) is 0 Å². The second-order valence-electron chi connectivity index (χ2n) is 3.86. The van der Waals surface area contributed by atoms with Gasteiger partial charge in [-0.3, -0.25) is 4.98 Å². The Morgan fingerprint density at radius 2 is 1.65 bits per heavy atom. The topological polar surface area (TPSA) is 12.9 Å². The third-order valence-corrected chi connectivity index (χ3v) is 3.70. The molecule has 0 N–H and O–H groups in total. The molecule has 0 atom stereocenters. The highest BCUT2D eigenvalue weighted by molar-refractivity contribution is 14.1. The smallest absolute Gasteiger partial charge is 0.0718 e. The molecular formula is C15H10IN. The maximum Gasteiger partial charge on any atom is 0.0718 e. The minimum absolute atomic E-state index is 1.05. The zero-order valence-corrected chi connectivity index (χ0v) is 11.3. The van der Waals surface area contributed by atoms with Crippen molar-refractivity contribution in [2.75, 3.05) is 0 Å². The molecule has 2 heteroatoms. The third kappa shape index (κ3) is 1.93. The molecule has 3 rings (SSSR count). The fourth-order valence-corrected chi connectivity index (χ4v) is 2.75. The quantitative estimate of drug-likeness (QED) is 0.598. The Labute approximate surface area is 114 Å². The normalized spacial score (nSPS) is 10.6. The van der Waals surface area contributed by atoms with Crippen LogP contribution < -0.4 is 0 Å². The maximum absolute atomic E-state index is 4.42. The summed E-state index contributed by atoms with van der Waals surface area (Å²) in [7, 11) is 0. The minimum Gasteiger partial charge on any atom is -0.256 e. The van der Waals surface area contributed by atoms with Crippen molar-refractivity contribution in [1.82, 2.24) is 4.98 Å². The zero-order chi connectivity index (χ0) is 11.7. The molecule has 3 aromatic rings. The average molecular weight is 331 g/mol. The maximum atomic E-state index is 4.42. The van der Waals surface area contributed by atoms with Gasteiger partial charge >= 0.3 is 0 Å². The lowest BCUT2D eigenvalue weighted by Gasteiger charge is -2.07. The van der Waals surface area contributed by atoms with Gasteiger partial charge in [-0.1, -0.05) is 42.5 Å². The van der Waals surface area contributed by atoms with E-state index < -0.39 is 0 Å². The molecule has 0 aliphatic rings. The molecule has 0 fully saturated rings. The number of aromatic nitrogens is 1. The summed E-state index contributed by atoms with van der Waals surface area (Å²) in [6, 6.07) is 18.8. The summed E-state index contributed by atoms with van der Waals surface area (Å²) in [5.41, 5.74) is 3.54. The number of fused-ring (bicyclic) bond motifs is 1. The summed E-state index contributed by atoms with van der Waals surface area (Å²) in [4.78, 5) is 4.42. The standard InChI is InChI=1S/C15H10IN/c16-13-9-10-17-14-8-4-7-12(15(13)14)11-5-2-1-3-6-11/h1-10H. The number of halogens is 1. The van der Waals surface area contributed by atoms with Crippen LogP contribution in [0.1, 0.15) is 0 Å². The van der Waals surface area contributed by atoms with E-state index in [1.54, 1.807) is 0 Å². The van der Waals surface area contributed by atoms with E-state index in [0.29, 0.717) is 0 Å². The van der Waals surface area contributed by atoms with Gasteiger partial charge in [-0.05, 0) is 45.9 Å². The van der Waals surface area contributed by atoms with Crippen molar-refractivity contribution in [3.8, 4) is 11.1 Å². The Balaban J connectivity index is 2.38. The molecule has 1 nitrogen and oxygen atoms in total. The molecule has 2 aromatic carbocycles. The number of pyridine rings is 1. The average Bonchev–Trinajstić information content (AvgIpc) is 2.39. The van der Waals surface area contributed by atoms with E-state index in [1.807, 2.05) is 12.3 Å². The van der Waals surface area contributed by atoms with E-state index in [4.69, 9.17) is 0 Å². The molecule has 82 valence electrons. The second-order valence-corrected chi connectivity index (χ2v) is 5.02. The summed E-state index contributed by atoms with van der Waals surface area (Å²) < 4.78 is 1.24. The van der Waals surface area contributed by atoms with Gasteiger partial charge in [0.25, 0.3) is 0 Å². The summed E-state index contributed by atoms with van der Waals surface area (Å²) in [5.74, 6) is 0. The Morgan fingerprint density at radius 3 is 2.47 bits per heavy atom. The lowest BCUT2D eigenvalue weighted by molar-refractivity contribution is 1.40. The Hall–Kier alpha value is -1.42. The van der Waals surface area contributed by atoms with E-state index in [9.17, 15) is 0 Å². The summed E-state index contributed by atoms with van der Waals surface area (Å²) in [6.45, 7) is 0. The minimum atomic E-state index is 1.05. The molecule has 1 aromatic heterocycles. The molecule has 0 aliphatic carbocycles. The van der Waals surface area contributed by atoms with E-state index >= 15 is 0 Å². The van der Waals surface area contributed by atoms with Crippen LogP contribution in [0.5, 0.6) is 0 Å². The van der Waals surface area contributed by atoms with Gasteiger partial charge in [-0.2, -0.15) is 0 Å². The molecule has 0 spiro atoms. The van der Waals surface area contributed by atoms with Crippen LogP contribution in [0, 0.1) is 3.57 Å². The van der Waals surface area contributed by atoms with Gasteiger partial charge in [-0.15, -0.1) is 0 Å². The van der Waals surface area contributed by atoms with Gasteiger partial charge < -0.3 is 0 Å². The molecule has 0 radical (unpaired) electrons. The number of benzene rings is 2. The first-order valence-corrected chi connectivity index (χ1v) is 6.53. The molecule has 0 amide bonds.